The van der Waals surface area contributed by atoms with E-state index in [-0.39, 0.29) is 5.92 Å². The zero-order chi connectivity index (χ0) is 10.5. The first-order chi connectivity index (χ1) is 5.85. The van der Waals surface area contributed by atoms with Crippen LogP contribution in [0.1, 0.15) is 27.7 Å². The van der Waals surface area contributed by atoms with Crippen molar-refractivity contribution < 1.29 is 9.53 Å². The molecule has 0 aliphatic heterocycles. The number of carbonyl (C=O) groups is 1. The average molecular weight is 186 g/mol. The second-order valence-corrected chi connectivity index (χ2v) is 3.97. The van der Waals surface area contributed by atoms with E-state index in [1.807, 2.05) is 6.92 Å². The SMILES string of the molecule is CC(/C=N/C(=O)OC(C)(C)C)CN. The van der Waals surface area contributed by atoms with E-state index in [0.29, 0.717) is 6.54 Å². The molecule has 0 aliphatic carbocycles. The van der Waals surface area contributed by atoms with Crippen LogP contribution in [0.4, 0.5) is 4.79 Å². The Morgan fingerprint density at radius 1 is 1.62 bits per heavy atom. The lowest BCUT2D eigenvalue weighted by atomic mass is 10.2. The third kappa shape index (κ3) is 7.46. The van der Waals surface area contributed by atoms with E-state index >= 15 is 0 Å². The molecule has 13 heavy (non-hydrogen) atoms. The van der Waals surface area contributed by atoms with Gasteiger partial charge in [-0.1, -0.05) is 6.92 Å². The Labute approximate surface area is 79.2 Å². The second-order valence-electron chi connectivity index (χ2n) is 3.97. The van der Waals surface area contributed by atoms with Crippen molar-refractivity contribution in [1.82, 2.24) is 0 Å². The van der Waals surface area contributed by atoms with Crippen LogP contribution in [0.2, 0.25) is 0 Å². The van der Waals surface area contributed by atoms with Gasteiger partial charge in [-0.05, 0) is 27.3 Å². The fourth-order valence-electron chi connectivity index (χ4n) is 0.537. The summed E-state index contributed by atoms with van der Waals surface area (Å²) in [5, 5.41) is 0. The van der Waals surface area contributed by atoms with Gasteiger partial charge in [-0.25, -0.2) is 4.79 Å². The van der Waals surface area contributed by atoms with E-state index in [1.54, 1.807) is 20.8 Å². The first kappa shape index (κ1) is 12.1. The van der Waals surface area contributed by atoms with Crippen LogP contribution in [0, 0.1) is 5.92 Å². The van der Waals surface area contributed by atoms with Crippen LogP contribution >= 0.6 is 0 Å². The Kier molecular flexibility index (Phi) is 4.62. The summed E-state index contributed by atoms with van der Waals surface area (Å²) in [6.45, 7) is 7.76. The molecule has 0 bridgehead atoms. The van der Waals surface area contributed by atoms with Gasteiger partial charge in [0.15, 0.2) is 0 Å². The number of carbonyl (C=O) groups excluding carboxylic acids is 1. The van der Waals surface area contributed by atoms with Gasteiger partial charge >= 0.3 is 6.09 Å². The highest BCUT2D eigenvalue weighted by molar-refractivity contribution is 5.80. The lowest BCUT2D eigenvalue weighted by molar-refractivity contribution is 0.0604. The zero-order valence-electron chi connectivity index (χ0n) is 8.70. The number of nitrogens with two attached hydrogens (primary N) is 1. The highest BCUT2D eigenvalue weighted by atomic mass is 16.6. The van der Waals surface area contributed by atoms with Gasteiger partial charge in [-0.15, -0.1) is 0 Å². The summed E-state index contributed by atoms with van der Waals surface area (Å²) in [4.78, 5) is 14.6. The summed E-state index contributed by atoms with van der Waals surface area (Å²) in [6, 6.07) is 0. The van der Waals surface area contributed by atoms with Crippen molar-refractivity contribution in [2.24, 2.45) is 16.6 Å². The minimum Gasteiger partial charge on any atom is -0.442 e. The number of ether oxygens (including phenoxy) is 1. The van der Waals surface area contributed by atoms with E-state index < -0.39 is 11.7 Å². The first-order valence-electron chi connectivity index (χ1n) is 4.32. The van der Waals surface area contributed by atoms with Gasteiger partial charge in [-0.2, -0.15) is 4.99 Å². The summed E-state index contributed by atoms with van der Waals surface area (Å²) in [5.41, 5.74) is 4.86. The zero-order valence-corrected chi connectivity index (χ0v) is 8.70. The molecule has 0 aromatic carbocycles. The predicted octanol–water partition coefficient (Wildman–Crippen LogP) is 1.59. The maximum Gasteiger partial charge on any atom is 0.433 e. The molecule has 4 heteroatoms. The molecule has 0 heterocycles. The maximum atomic E-state index is 11.0. The van der Waals surface area contributed by atoms with Crippen molar-refractivity contribution in [3.05, 3.63) is 0 Å². The van der Waals surface area contributed by atoms with Crippen LogP contribution in [0.15, 0.2) is 4.99 Å². The van der Waals surface area contributed by atoms with Gasteiger partial charge in [-0.3, -0.25) is 0 Å². The topological polar surface area (TPSA) is 64.7 Å². The van der Waals surface area contributed by atoms with Crippen molar-refractivity contribution in [1.29, 1.82) is 0 Å². The fourth-order valence-corrected chi connectivity index (χ4v) is 0.537. The maximum absolute atomic E-state index is 11.0. The van der Waals surface area contributed by atoms with Crippen molar-refractivity contribution in [3.8, 4) is 0 Å². The third-order valence-electron chi connectivity index (χ3n) is 1.20. The van der Waals surface area contributed by atoms with Crippen LogP contribution in [-0.4, -0.2) is 24.5 Å². The molecule has 1 unspecified atom stereocenters. The minimum absolute atomic E-state index is 0.104. The minimum atomic E-state index is -0.562. The Morgan fingerprint density at radius 2 is 2.15 bits per heavy atom. The quantitative estimate of drug-likeness (QED) is 0.666. The van der Waals surface area contributed by atoms with Crippen LogP contribution in [-0.2, 0) is 4.74 Å². The smallest absolute Gasteiger partial charge is 0.433 e. The molecule has 4 nitrogen and oxygen atoms in total. The standard InChI is InChI=1S/C9H18N2O2/c1-7(5-10)6-11-8(12)13-9(2,3)4/h6-7H,5,10H2,1-4H3/b11-6+. The van der Waals surface area contributed by atoms with Gasteiger partial charge in [0, 0.05) is 12.1 Å². The molecular formula is C9H18N2O2. The first-order valence-corrected chi connectivity index (χ1v) is 4.32. The molecule has 0 aromatic heterocycles. The molecule has 1 atom stereocenters. The van der Waals surface area contributed by atoms with Gasteiger partial charge in [0.25, 0.3) is 0 Å². The summed E-state index contributed by atoms with van der Waals surface area (Å²) in [5.74, 6) is 0.104. The van der Waals surface area contributed by atoms with Gasteiger partial charge < -0.3 is 10.5 Å². The summed E-state index contributed by atoms with van der Waals surface area (Å²) < 4.78 is 4.95. The van der Waals surface area contributed by atoms with Crippen LogP contribution in [0.5, 0.6) is 0 Å². The normalized spacial score (nSPS) is 14.5. The van der Waals surface area contributed by atoms with E-state index in [2.05, 4.69) is 4.99 Å². The lowest BCUT2D eigenvalue weighted by Crippen LogP contribution is -2.22. The number of nitrogens with zero attached hydrogens (tertiary/aromatic N) is 1. The van der Waals surface area contributed by atoms with Crippen LogP contribution in [0.25, 0.3) is 0 Å². The van der Waals surface area contributed by atoms with Crippen LogP contribution < -0.4 is 5.73 Å². The molecule has 0 saturated heterocycles. The molecular weight excluding hydrogens is 168 g/mol. The number of hydrogen-bond acceptors (Lipinski definition) is 3. The van der Waals surface area contributed by atoms with E-state index in [4.69, 9.17) is 10.5 Å². The number of hydrogen-bond donors (Lipinski definition) is 1. The van der Waals surface area contributed by atoms with Crippen molar-refractivity contribution >= 4 is 12.3 Å². The number of amides is 1. The Bertz CT molecular complexity index is 194. The molecule has 76 valence electrons. The fraction of sp³-hybridized carbons (Fsp3) is 0.778. The molecule has 0 aromatic rings. The Morgan fingerprint density at radius 3 is 2.54 bits per heavy atom. The van der Waals surface area contributed by atoms with Gasteiger partial charge in [0.1, 0.15) is 5.60 Å². The molecule has 0 spiro atoms. The highest BCUT2D eigenvalue weighted by Gasteiger charge is 2.14. The molecule has 0 rings (SSSR count). The summed E-state index contributed by atoms with van der Waals surface area (Å²) >= 11 is 0. The average Bonchev–Trinajstić information content (AvgIpc) is 1.97. The van der Waals surface area contributed by atoms with Crippen molar-refractivity contribution in [2.75, 3.05) is 6.54 Å². The van der Waals surface area contributed by atoms with Crippen LogP contribution in [0.3, 0.4) is 0 Å². The third-order valence-corrected chi connectivity index (χ3v) is 1.20. The summed E-state index contributed by atoms with van der Waals surface area (Å²) in [7, 11) is 0. The molecule has 0 fully saturated rings. The van der Waals surface area contributed by atoms with Crippen molar-refractivity contribution in [3.63, 3.8) is 0 Å². The molecule has 0 radical (unpaired) electrons. The van der Waals surface area contributed by atoms with Crippen molar-refractivity contribution in [2.45, 2.75) is 33.3 Å². The Balaban J connectivity index is 3.95. The Hall–Kier alpha value is -0.900. The lowest BCUT2D eigenvalue weighted by Gasteiger charge is -2.17. The van der Waals surface area contributed by atoms with E-state index in [1.165, 1.54) is 6.21 Å². The monoisotopic (exact) mass is 186 g/mol. The van der Waals surface area contributed by atoms with Gasteiger partial charge in [0.2, 0.25) is 0 Å². The molecule has 0 saturated carbocycles. The molecule has 0 aliphatic rings. The molecule has 2 N–H and O–H groups in total. The number of aliphatic imine (C=N–C) groups is 1. The van der Waals surface area contributed by atoms with Gasteiger partial charge in [0.05, 0.1) is 0 Å². The largest absolute Gasteiger partial charge is 0.442 e. The van der Waals surface area contributed by atoms with E-state index in [9.17, 15) is 4.79 Å². The predicted molar refractivity (Wildman–Crippen MR) is 52.9 cm³/mol. The molecule has 1 amide bonds. The number of rotatable bonds is 2. The van der Waals surface area contributed by atoms with E-state index in [0.717, 1.165) is 0 Å². The highest BCUT2D eigenvalue weighted by Crippen LogP contribution is 2.07. The second kappa shape index (κ2) is 4.97. The summed E-state index contributed by atoms with van der Waals surface area (Å²) in [6.07, 6.45) is 0.946.